The average molecular weight is 238 g/mol. The second-order valence-corrected chi connectivity index (χ2v) is 4.60. The van der Waals surface area contributed by atoms with Crippen molar-refractivity contribution in [3.8, 4) is 0 Å². The highest BCUT2D eigenvalue weighted by atomic mass is 16.3. The summed E-state index contributed by atoms with van der Waals surface area (Å²) in [6.07, 6.45) is 4.15. The van der Waals surface area contributed by atoms with Crippen LogP contribution >= 0.6 is 0 Å². The van der Waals surface area contributed by atoms with Crippen molar-refractivity contribution in [1.82, 2.24) is 9.80 Å². The van der Waals surface area contributed by atoms with Crippen LogP contribution < -0.4 is 0 Å². The van der Waals surface area contributed by atoms with Crippen LogP contribution in [0.15, 0.2) is 25.3 Å². The molecule has 0 aromatic carbocycles. The molecule has 0 aromatic rings. The predicted octanol–water partition coefficient (Wildman–Crippen LogP) is 0.644. The fraction of sp³-hybridized carbons (Fsp3) is 0.615. The Bertz CT molecular complexity index is 286. The fourth-order valence-electron chi connectivity index (χ4n) is 2.00. The zero-order valence-electron chi connectivity index (χ0n) is 10.6. The van der Waals surface area contributed by atoms with Gasteiger partial charge < -0.3 is 10.0 Å². The topological polar surface area (TPSA) is 43.8 Å². The Kier molecular flexibility index (Phi) is 4.90. The van der Waals surface area contributed by atoms with Crippen LogP contribution in [0.1, 0.15) is 13.3 Å². The Balaban J connectivity index is 2.38. The first-order valence-corrected chi connectivity index (χ1v) is 5.99. The number of rotatable bonds is 7. The van der Waals surface area contributed by atoms with Gasteiger partial charge in [0.05, 0.1) is 12.1 Å². The molecular formula is C13H22N2O2. The molecule has 0 spiro atoms. The van der Waals surface area contributed by atoms with Gasteiger partial charge in [-0.3, -0.25) is 9.69 Å². The molecule has 1 aliphatic rings. The summed E-state index contributed by atoms with van der Waals surface area (Å²) in [6, 6.07) is 0. The van der Waals surface area contributed by atoms with Crippen molar-refractivity contribution in [2.45, 2.75) is 18.9 Å². The zero-order chi connectivity index (χ0) is 12.9. The van der Waals surface area contributed by atoms with Crippen molar-refractivity contribution in [2.75, 3.05) is 32.7 Å². The number of nitrogens with zero attached hydrogens (tertiary/aromatic N) is 2. The highest BCUT2D eigenvalue weighted by molar-refractivity contribution is 5.78. The van der Waals surface area contributed by atoms with Gasteiger partial charge in [0.25, 0.3) is 0 Å². The van der Waals surface area contributed by atoms with Gasteiger partial charge in [-0.05, 0) is 6.42 Å². The van der Waals surface area contributed by atoms with E-state index < -0.39 is 5.60 Å². The molecule has 1 heterocycles. The maximum absolute atomic E-state index is 11.9. The normalized spacial score (nSPS) is 18.2. The van der Waals surface area contributed by atoms with Crippen LogP contribution in [0.3, 0.4) is 0 Å². The van der Waals surface area contributed by atoms with Gasteiger partial charge in [-0.25, -0.2) is 0 Å². The molecule has 0 atom stereocenters. The Labute approximate surface area is 103 Å². The third-order valence-electron chi connectivity index (χ3n) is 3.10. The minimum atomic E-state index is -0.581. The van der Waals surface area contributed by atoms with Crippen molar-refractivity contribution < 1.29 is 9.90 Å². The molecule has 1 saturated heterocycles. The fourth-order valence-corrected chi connectivity index (χ4v) is 2.00. The maximum atomic E-state index is 11.9. The van der Waals surface area contributed by atoms with E-state index >= 15 is 0 Å². The first-order chi connectivity index (χ1) is 8.04. The van der Waals surface area contributed by atoms with Gasteiger partial charge in [-0.15, -0.1) is 13.2 Å². The van der Waals surface area contributed by atoms with Gasteiger partial charge in [0.1, 0.15) is 0 Å². The smallest absolute Gasteiger partial charge is 0.237 e. The summed E-state index contributed by atoms with van der Waals surface area (Å²) in [4.78, 5) is 15.6. The van der Waals surface area contributed by atoms with Gasteiger partial charge in [0, 0.05) is 26.2 Å². The lowest BCUT2D eigenvalue weighted by molar-refractivity contribution is -0.141. The van der Waals surface area contributed by atoms with Crippen molar-refractivity contribution in [1.29, 1.82) is 0 Å². The second kappa shape index (κ2) is 5.98. The Morgan fingerprint density at radius 2 is 1.94 bits per heavy atom. The number of aliphatic hydroxyl groups is 1. The molecule has 0 radical (unpaired) electrons. The van der Waals surface area contributed by atoms with E-state index in [4.69, 9.17) is 0 Å². The minimum Gasteiger partial charge on any atom is -0.387 e. The van der Waals surface area contributed by atoms with Gasteiger partial charge in [0.15, 0.2) is 0 Å². The third kappa shape index (κ3) is 3.68. The van der Waals surface area contributed by atoms with E-state index in [1.165, 1.54) is 0 Å². The summed E-state index contributed by atoms with van der Waals surface area (Å²) in [5, 5.41) is 9.85. The highest BCUT2D eigenvalue weighted by Crippen LogP contribution is 2.23. The SMILES string of the molecule is C=CCN(CC=C)C(=O)CN1CC(O)(CC)C1. The minimum absolute atomic E-state index is 0.0583. The zero-order valence-corrected chi connectivity index (χ0v) is 10.6. The monoisotopic (exact) mass is 238 g/mol. The van der Waals surface area contributed by atoms with E-state index in [1.54, 1.807) is 17.1 Å². The quantitative estimate of drug-likeness (QED) is 0.662. The predicted molar refractivity (Wildman–Crippen MR) is 68.7 cm³/mol. The van der Waals surface area contributed by atoms with Gasteiger partial charge in [-0.1, -0.05) is 19.1 Å². The van der Waals surface area contributed by atoms with Gasteiger partial charge in [0.2, 0.25) is 5.91 Å². The lowest BCUT2D eigenvalue weighted by Crippen LogP contribution is -2.63. The van der Waals surface area contributed by atoms with Crippen molar-refractivity contribution in [3.05, 3.63) is 25.3 Å². The lowest BCUT2D eigenvalue weighted by atomic mass is 9.91. The average Bonchev–Trinajstić information content (AvgIpc) is 2.26. The molecule has 17 heavy (non-hydrogen) atoms. The molecule has 1 N–H and O–H groups in total. The van der Waals surface area contributed by atoms with Crippen LogP contribution in [-0.4, -0.2) is 59.1 Å². The first-order valence-electron chi connectivity index (χ1n) is 5.99. The van der Waals surface area contributed by atoms with Crippen molar-refractivity contribution >= 4 is 5.91 Å². The lowest BCUT2D eigenvalue weighted by Gasteiger charge is -2.46. The van der Waals surface area contributed by atoms with Crippen LogP contribution in [0.2, 0.25) is 0 Å². The summed E-state index contributed by atoms with van der Waals surface area (Å²) in [6.45, 7) is 11.8. The largest absolute Gasteiger partial charge is 0.387 e. The van der Waals surface area contributed by atoms with Gasteiger partial charge >= 0.3 is 0 Å². The number of carbonyl (C=O) groups excluding carboxylic acids is 1. The molecule has 1 fully saturated rings. The third-order valence-corrected chi connectivity index (χ3v) is 3.10. The molecule has 0 unspecified atom stereocenters. The summed E-state index contributed by atoms with van der Waals surface area (Å²) < 4.78 is 0. The molecule has 4 heteroatoms. The number of hydrogen-bond donors (Lipinski definition) is 1. The van der Waals surface area contributed by atoms with Crippen molar-refractivity contribution in [3.63, 3.8) is 0 Å². The van der Waals surface area contributed by atoms with Gasteiger partial charge in [-0.2, -0.15) is 0 Å². The number of hydrogen-bond acceptors (Lipinski definition) is 3. The maximum Gasteiger partial charge on any atom is 0.237 e. The highest BCUT2D eigenvalue weighted by Gasteiger charge is 2.40. The second-order valence-electron chi connectivity index (χ2n) is 4.60. The molecule has 4 nitrogen and oxygen atoms in total. The van der Waals surface area contributed by atoms with Crippen LogP contribution in [-0.2, 0) is 4.79 Å². The molecule has 1 amide bonds. The van der Waals surface area contributed by atoms with Crippen LogP contribution in [0.5, 0.6) is 0 Å². The Morgan fingerprint density at radius 1 is 1.41 bits per heavy atom. The summed E-state index contributed by atoms with van der Waals surface area (Å²) >= 11 is 0. The molecule has 0 aromatic heterocycles. The van der Waals surface area contributed by atoms with E-state index in [0.29, 0.717) is 32.7 Å². The van der Waals surface area contributed by atoms with Crippen LogP contribution in [0.4, 0.5) is 0 Å². The number of likely N-dealkylation sites (tertiary alicyclic amines) is 1. The molecule has 0 aliphatic carbocycles. The van der Waals surface area contributed by atoms with E-state index in [9.17, 15) is 9.90 Å². The molecule has 1 aliphatic heterocycles. The number of carbonyl (C=O) groups is 1. The van der Waals surface area contributed by atoms with E-state index in [-0.39, 0.29) is 5.91 Å². The number of β-amino-alcohol motifs (C(OH)–C–C–N with tert-alkyl or cyclic N) is 1. The first kappa shape index (κ1) is 13.9. The molecular weight excluding hydrogens is 216 g/mol. The summed E-state index contributed by atoms with van der Waals surface area (Å²) in [5.74, 6) is 0.0583. The number of amides is 1. The van der Waals surface area contributed by atoms with Crippen molar-refractivity contribution in [2.24, 2.45) is 0 Å². The summed E-state index contributed by atoms with van der Waals surface area (Å²) in [5.41, 5.74) is -0.581. The Morgan fingerprint density at radius 3 is 2.35 bits per heavy atom. The van der Waals surface area contributed by atoms with E-state index in [0.717, 1.165) is 6.42 Å². The molecule has 1 rings (SSSR count). The standard InChI is InChI=1S/C13H22N2O2/c1-4-7-15(8-5-2)12(16)9-14-10-13(17,6-3)11-14/h4-5,17H,1-2,6-11H2,3H3. The van der Waals surface area contributed by atoms with E-state index in [1.807, 2.05) is 11.8 Å². The summed E-state index contributed by atoms with van der Waals surface area (Å²) in [7, 11) is 0. The van der Waals surface area contributed by atoms with E-state index in [2.05, 4.69) is 13.2 Å². The molecule has 96 valence electrons. The van der Waals surface area contributed by atoms with Crippen LogP contribution in [0.25, 0.3) is 0 Å². The molecule has 0 bridgehead atoms. The molecule has 0 saturated carbocycles. The van der Waals surface area contributed by atoms with Crippen LogP contribution in [0, 0.1) is 0 Å². The Hall–Kier alpha value is -1.13.